The maximum atomic E-state index is 11.4. The van der Waals surface area contributed by atoms with Gasteiger partial charge in [-0.2, -0.15) is 5.10 Å². The molecule has 0 radical (unpaired) electrons. The normalized spacial score (nSPS) is 10.8. The summed E-state index contributed by atoms with van der Waals surface area (Å²) < 4.78 is 9.79. The predicted molar refractivity (Wildman–Crippen MR) is 74.0 cm³/mol. The van der Waals surface area contributed by atoms with Crippen LogP contribution in [0.25, 0.3) is 0 Å². The molecule has 0 spiro atoms. The number of hydrogen-bond acceptors (Lipinski definition) is 6. The van der Waals surface area contributed by atoms with Gasteiger partial charge >= 0.3 is 11.9 Å². The van der Waals surface area contributed by atoms with Crippen LogP contribution in [0.15, 0.2) is 33.8 Å². The van der Waals surface area contributed by atoms with Crippen molar-refractivity contribution in [1.29, 1.82) is 0 Å². The highest BCUT2D eigenvalue weighted by atomic mass is 79.9. The van der Waals surface area contributed by atoms with Crippen LogP contribution in [0.4, 0.5) is 5.69 Å². The third-order valence-corrected chi connectivity index (χ3v) is 2.54. The molecule has 0 saturated carbocycles. The Hall–Kier alpha value is -1.60. The zero-order valence-corrected chi connectivity index (χ0v) is 12.2. The maximum absolute atomic E-state index is 11.4. The average molecular weight is 350 g/mol. The fraction of sp³-hybridized carbons (Fsp3) is 0.182. The fourth-order valence-electron chi connectivity index (χ4n) is 1.03. The number of nitrogens with zero attached hydrogens (tertiary/aromatic N) is 1. The SMILES string of the molecule is COC(=O)/C(=N\Nc1ccc(Br)cc1)C(=O)OCCl. The van der Waals surface area contributed by atoms with Gasteiger partial charge in [-0.05, 0) is 24.3 Å². The zero-order chi connectivity index (χ0) is 14.3. The first kappa shape index (κ1) is 15.5. The van der Waals surface area contributed by atoms with Crippen LogP contribution in [-0.4, -0.2) is 30.8 Å². The first-order valence-corrected chi connectivity index (χ1v) is 6.32. The molecule has 0 aliphatic rings. The lowest BCUT2D eigenvalue weighted by Gasteiger charge is -2.05. The van der Waals surface area contributed by atoms with Crippen LogP contribution in [0.1, 0.15) is 0 Å². The van der Waals surface area contributed by atoms with Crippen molar-refractivity contribution in [3.05, 3.63) is 28.7 Å². The maximum Gasteiger partial charge on any atom is 0.367 e. The second kappa shape index (κ2) is 7.75. The summed E-state index contributed by atoms with van der Waals surface area (Å²) >= 11 is 8.52. The molecule has 102 valence electrons. The largest absolute Gasteiger partial charge is 0.464 e. The third-order valence-electron chi connectivity index (χ3n) is 1.90. The van der Waals surface area contributed by atoms with E-state index in [-0.39, 0.29) is 6.07 Å². The van der Waals surface area contributed by atoms with Crippen LogP contribution in [0.3, 0.4) is 0 Å². The topological polar surface area (TPSA) is 77.0 Å². The molecule has 0 unspecified atom stereocenters. The van der Waals surface area contributed by atoms with Gasteiger partial charge in [0.1, 0.15) is 0 Å². The number of hydrazone groups is 1. The quantitative estimate of drug-likeness (QED) is 0.290. The highest BCUT2D eigenvalue weighted by Gasteiger charge is 2.23. The number of anilines is 1. The van der Waals surface area contributed by atoms with E-state index in [1.807, 2.05) is 0 Å². The van der Waals surface area contributed by atoms with Crippen LogP contribution >= 0.6 is 27.5 Å². The second-order valence-corrected chi connectivity index (χ2v) is 4.25. The van der Waals surface area contributed by atoms with E-state index in [0.29, 0.717) is 5.69 Å². The van der Waals surface area contributed by atoms with Crippen molar-refractivity contribution in [2.45, 2.75) is 0 Å². The second-order valence-electron chi connectivity index (χ2n) is 3.11. The van der Waals surface area contributed by atoms with Crippen LogP contribution in [0.2, 0.25) is 0 Å². The Balaban J connectivity index is 2.85. The summed E-state index contributed by atoms with van der Waals surface area (Å²) in [7, 11) is 1.13. The summed E-state index contributed by atoms with van der Waals surface area (Å²) in [5, 5.41) is 3.66. The van der Waals surface area contributed by atoms with Gasteiger partial charge in [0, 0.05) is 4.47 Å². The molecule has 0 aliphatic heterocycles. The van der Waals surface area contributed by atoms with Crippen LogP contribution in [0, 0.1) is 0 Å². The molecule has 0 aliphatic carbocycles. The number of methoxy groups -OCH3 is 1. The Bertz CT molecular complexity index is 490. The molecule has 0 bridgehead atoms. The van der Waals surface area contributed by atoms with Crippen molar-refractivity contribution < 1.29 is 19.1 Å². The average Bonchev–Trinajstić information content (AvgIpc) is 2.41. The van der Waals surface area contributed by atoms with E-state index >= 15 is 0 Å². The monoisotopic (exact) mass is 348 g/mol. The highest BCUT2D eigenvalue weighted by Crippen LogP contribution is 2.14. The number of hydrogen-bond donors (Lipinski definition) is 1. The number of carbonyl (C=O) groups excluding carboxylic acids is 2. The Labute approximate surface area is 122 Å². The van der Waals surface area contributed by atoms with Crippen molar-refractivity contribution in [2.75, 3.05) is 18.6 Å². The summed E-state index contributed by atoms with van der Waals surface area (Å²) in [5.74, 6) is -1.88. The summed E-state index contributed by atoms with van der Waals surface area (Å²) in [6.45, 7) is 0. The van der Waals surface area contributed by atoms with Gasteiger partial charge in [0.15, 0.2) is 6.07 Å². The Morgan fingerprint density at radius 2 is 1.95 bits per heavy atom. The van der Waals surface area contributed by atoms with E-state index in [1.54, 1.807) is 24.3 Å². The summed E-state index contributed by atoms with van der Waals surface area (Å²) in [6.07, 6.45) is 0. The molecule has 6 nitrogen and oxygen atoms in total. The fourth-order valence-corrected chi connectivity index (χ4v) is 1.40. The lowest BCUT2D eigenvalue weighted by Crippen LogP contribution is -2.28. The number of benzene rings is 1. The van der Waals surface area contributed by atoms with Gasteiger partial charge in [0.05, 0.1) is 12.8 Å². The first-order valence-electron chi connectivity index (χ1n) is 4.99. The molecule has 0 saturated heterocycles. The lowest BCUT2D eigenvalue weighted by atomic mass is 10.3. The molecular formula is C11H10BrClN2O4. The van der Waals surface area contributed by atoms with Gasteiger partial charge in [-0.25, -0.2) is 9.59 Å². The summed E-state index contributed by atoms with van der Waals surface area (Å²) in [5.41, 5.74) is 2.61. The smallest absolute Gasteiger partial charge is 0.367 e. The number of halogens is 2. The number of alkyl halides is 1. The minimum atomic E-state index is -0.966. The van der Waals surface area contributed by atoms with E-state index < -0.39 is 17.7 Å². The molecule has 1 aromatic carbocycles. The number of esters is 2. The number of rotatable bonds is 5. The number of carbonyl (C=O) groups is 2. The highest BCUT2D eigenvalue weighted by molar-refractivity contribution is 9.10. The molecule has 19 heavy (non-hydrogen) atoms. The van der Waals surface area contributed by atoms with Gasteiger partial charge in [-0.3, -0.25) is 5.43 Å². The molecular weight excluding hydrogens is 339 g/mol. The molecule has 0 heterocycles. The molecule has 1 aromatic rings. The molecule has 1 rings (SSSR count). The Kier molecular flexibility index (Phi) is 6.31. The van der Waals surface area contributed by atoms with Crippen molar-refractivity contribution >= 4 is 50.9 Å². The van der Waals surface area contributed by atoms with Crippen molar-refractivity contribution in [3.63, 3.8) is 0 Å². The lowest BCUT2D eigenvalue weighted by molar-refractivity contribution is -0.138. The predicted octanol–water partition coefficient (Wildman–Crippen LogP) is 2.13. The minimum absolute atomic E-state index is 0.382. The van der Waals surface area contributed by atoms with E-state index in [4.69, 9.17) is 11.6 Å². The molecule has 1 N–H and O–H groups in total. The molecule has 8 heteroatoms. The van der Waals surface area contributed by atoms with Gasteiger partial charge < -0.3 is 9.47 Å². The van der Waals surface area contributed by atoms with E-state index in [1.165, 1.54) is 0 Å². The van der Waals surface area contributed by atoms with Crippen molar-refractivity contribution in [3.8, 4) is 0 Å². The standard InChI is InChI=1S/C11H10BrClN2O4/c1-18-10(16)9(11(17)19-6-13)15-14-8-4-2-7(12)3-5-8/h2-5,14H,6H2,1H3/b15-9+. The van der Waals surface area contributed by atoms with Gasteiger partial charge in [0.25, 0.3) is 5.71 Å². The third kappa shape index (κ3) is 4.88. The molecule has 0 atom stereocenters. The van der Waals surface area contributed by atoms with E-state index in [2.05, 4.69) is 35.9 Å². The van der Waals surface area contributed by atoms with Crippen LogP contribution < -0.4 is 5.43 Å². The Morgan fingerprint density at radius 1 is 1.32 bits per heavy atom. The number of ether oxygens (including phenoxy) is 2. The van der Waals surface area contributed by atoms with Crippen LogP contribution in [0.5, 0.6) is 0 Å². The van der Waals surface area contributed by atoms with E-state index in [9.17, 15) is 9.59 Å². The summed E-state index contributed by atoms with van der Waals surface area (Å²) in [6, 6.07) is 6.57. The molecule has 0 amide bonds. The van der Waals surface area contributed by atoms with Crippen molar-refractivity contribution in [1.82, 2.24) is 0 Å². The molecule has 0 fully saturated rings. The van der Waals surface area contributed by atoms with Crippen molar-refractivity contribution in [2.24, 2.45) is 5.10 Å². The number of nitrogens with one attached hydrogen (secondary N) is 1. The summed E-state index contributed by atoms with van der Waals surface area (Å²) in [4.78, 5) is 22.8. The van der Waals surface area contributed by atoms with E-state index in [0.717, 1.165) is 11.6 Å². The van der Waals surface area contributed by atoms with Crippen LogP contribution in [-0.2, 0) is 19.1 Å². The van der Waals surface area contributed by atoms with Gasteiger partial charge in [-0.1, -0.05) is 27.5 Å². The molecule has 0 aromatic heterocycles. The first-order chi connectivity index (χ1) is 9.08. The minimum Gasteiger partial charge on any atom is -0.464 e. The zero-order valence-electron chi connectivity index (χ0n) is 9.85. The van der Waals surface area contributed by atoms with Gasteiger partial charge in [0.2, 0.25) is 0 Å². The Morgan fingerprint density at radius 3 is 2.47 bits per heavy atom. The van der Waals surface area contributed by atoms with Gasteiger partial charge in [-0.15, -0.1) is 0 Å².